The third-order valence-corrected chi connectivity index (χ3v) is 4.31. The van der Waals surface area contributed by atoms with Crippen LogP contribution in [-0.2, 0) is 13.7 Å². The highest BCUT2D eigenvalue weighted by Gasteiger charge is 2.16. The van der Waals surface area contributed by atoms with Crippen LogP contribution in [0.2, 0.25) is 0 Å². The molecule has 3 rings (SSSR count). The first-order valence-corrected chi connectivity index (χ1v) is 7.98. The minimum atomic E-state index is -0.319. The van der Waals surface area contributed by atoms with Gasteiger partial charge in [-0.1, -0.05) is 0 Å². The number of nitrogens with one attached hydrogen (secondary N) is 1. The number of anilines is 1. The van der Waals surface area contributed by atoms with E-state index in [2.05, 4.69) is 15.4 Å². The number of carbonyl (C=O) groups excluding carboxylic acids is 1. The Balaban J connectivity index is 1.65. The van der Waals surface area contributed by atoms with Crippen LogP contribution in [0.4, 0.5) is 10.2 Å². The molecule has 1 amide bonds. The largest absolute Gasteiger partial charge is 0.486 e. The van der Waals surface area contributed by atoms with E-state index in [-0.39, 0.29) is 18.3 Å². The summed E-state index contributed by atoms with van der Waals surface area (Å²) >= 11 is 1.26. The maximum absolute atomic E-state index is 12.9. The molecular formula is C16H15FN4O2S. The molecule has 6 nitrogen and oxygen atoms in total. The summed E-state index contributed by atoms with van der Waals surface area (Å²) in [7, 11) is 1.78. The molecule has 2 aromatic heterocycles. The fourth-order valence-electron chi connectivity index (χ4n) is 2.06. The lowest BCUT2D eigenvalue weighted by Gasteiger charge is -2.03. The Morgan fingerprint density at radius 2 is 2.08 bits per heavy atom. The topological polar surface area (TPSA) is 69.0 Å². The molecule has 0 fully saturated rings. The zero-order valence-corrected chi connectivity index (χ0v) is 13.9. The normalized spacial score (nSPS) is 10.6. The number of thiazole rings is 1. The average molecular weight is 346 g/mol. The Kier molecular flexibility index (Phi) is 4.57. The summed E-state index contributed by atoms with van der Waals surface area (Å²) < 4.78 is 20.0. The van der Waals surface area contributed by atoms with E-state index >= 15 is 0 Å². The smallest absolute Gasteiger partial charge is 0.268 e. The van der Waals surface area contributed by atoms with Crippen LogP contribution in [0.5, 0.6) is 5.75 Å². The van der Waals surface area contributed by atoms with Gasteiger partial charge < -0.3 is 10.1 Å². The number of benzene rings is 1. The monoisotopic (exact) mass is 346 g/mol. The van der Waals surface area contributed by atoms with Gasteiger partial charge in [-0.2, -0.15) is 5.10 Å². The lowest BCUT2D eigenvalue weighted by Crippen LogP contribution is -2.12. The molecule has 0 saturated heterocycles. The number of amides is 1. The Morgan fingerprint density at radius 3 is 2.75 bits per heavy atom. The van der Waals surface area contributed by atoms with Crippen LogP contribution < -0.4 is 10.1 Å². The Hall–Kier alpha value is -2.74. The molecule has 0 bridgehead atoms. The summed E-state index contributed by atoms with van der Waals surface area (Å²) in [6.07, 6.45) is 1.75. The Bertz CT molecular complexity index is 857. The fraction of sp³-hybridized carbons (Fsp3) is 0.188. The van der Waals surface area contributed by atoms with Crippen LogP contribution in [0.1, 0.15) is 20.4 Å². The molecule has 0 aliphatic carbocycles. The quantitative estimate of drug-likeness (QED) is 0.770. The predicted octanol–water partition coefficient (Wildman–Crippen LogP) is 3.16. The van der Waals surface area contributed by atoms with Crippen LogP contribution in [0, 0.1) is 12.7 Å². The molecule has 0 saturated carbocycles. The van der Waals surface area contributed by atoms with E-state index in [1.54, 1.807) is 43.0 Å². The number of rotatable bonds is 5. The summed E-state index contributed by atoms with van der Waals surface area (Å²) in [4.78, 5) is 17.2. The summed E-state index contributed by atoms with van der Waals surface area (Å²) in [5.74, 6) is 0.459. The Labute approximate surface area is 141 Å². The highest BCUT2D eigenvalue weighted by Crippen LogP contribution is 2.21. The van der Waals surface area contributed by atoms with E-state index in [9.17, 15) is 9.18 Å². The van der Waals surface area contributed by atoms with Crippen molar-refractivity contribution in [3.63, 3.8) is 0 Å². The molecule has 0 spiro atoms. The number of nitrogens with zero attached hydrogens (tertiary/aromatic N) is 3. The van der Waals surface area contributed by atoms with Gasteiger partial charge in [-0.05, 0) is 31.2 Å². The molecule has 124 valence electrons. The molecule has 1 N–H and O–H groups in total. The lowest BCUT2D eigenvalue weighted by molar-refractivity contribution is 0.102. The number of ether oxygens (including phenoxy) is 1. The highest BCUT2D eigenvalue weighted by molar-refractivity contribution is 7.13. The van der Waals surface area contributed by atoms with Crippen molar-refractivity contribution in [2.24, 2.45) is 7.05 Å². The molecule has 0 atom stereocenters. The van der Waals surface area contributed by atoms with Gasteiger partial charge in [-0.25, -0.2) is 9.37 Å². The molecule has 0 radical (unpaired) electrons. The number of aromatic nitrogens is 3. The van der Waals surface area contributed by atoms with Gasteiger partial charge in [0.25, 0.3) is 5.91 Å². The number of hydrogen-bond donors (Lipinski definition) is 1. The molecule has 2 heterocycles. The molecule has 0 unspecified atom stereocenters. The van der Waals surface area contributed by atoms with E-state index in [1.807, 2.05) is 0 Å². The molecule has 3 aromatic rings. The van der Waals surface area contributed by atoms with Crippen LogP contribution in [0.15, 0.2) is 36.5 Å². The predicted molar refractivity (Wildman–Crippen MR) is 88.7 cm³/mol. The maximum Gasteiger partial charge on any atom is 0.268 e. The first-order chi connectivity index (χ1) is 11.5. The fourth-order valence-corrected chi connectivity index (χ4v) is 2.93. The molecule has 0 aliphatic heterocycles. The first-order valence-electron chi connectivity index (χ1n) is 7.17. The van der Waals surface area contributed by atoms with Gasteiger partial charge >= 0.3 is 0 Å². The van der Waals surface area contributed by atoms with Crippen molar-refractivity contribution in [1.29, 1.82) is 0 Å². The van der Waals surface area contributed by atoms with Crippen molar-refractivity contribution < 1.29 is 13.9 Å². The molecule has 24 heavy (non-hydrogen) atoms. The highest BCUT2D eigenvalue weighted by atomic mass is 32.1. The van der Waals surface area contributed by atoms with Crippen molar-refractivity contribution >= 4 is 23.1 Å². The summed E-state index contributed by atoms with van der Waals surface area (Å²) in [6.45, 7) is 1.99. The average Bonchev–Trinajstić information content (AvgIpc) is 3.12. The van der Waals surface area contributed by atoms with Crippen molar-refractivity contribution in [2.45, 2.75) is 13.5 Å². The lowest BCUT2D eigenvalue weighted by atomic mass is 10.3. The van der Waals surface area contributed by atoms with Gasteiger partial charge in [0.1, 0.15) is 28.1 Å². The SMILES string of the molecule is Cc1nc(COc2ccc(F)cc2)sc1C(=O)Nc1ccn(C)n1. The number of halogens is 1. The number of hydrogen-bond acceptors (Lipinski definition) is 5. The van der Waals surface area contributed by atoms with Crippen molar-refractivity contribution in [3.05, 3.63) is 57.9 Å². The second kappa shape index (κ2) is 6.79. The van der Waals surface area contributed by atoms with Gasteiger partial charge in [0, 0.05) is 19.3 Å². The second-order valence-corrected chi connectivity index (χ2v) is 6.18. The third-order valence-electron chi connectivity index (χ3n) is 3.18. The standard InChI is InChI=1S/C16H15FN4O2S/c1-10-15(16(22)19-13-7-8-21(2)20-13)24-14(18-10)9-23-12-5-3-11(17)4-6-12/h3-8H,9H2,1-2H3,(H,19,20,22). The van der Waals surface area contributed by atoms with Gasteiger partial charge in [0.15, 0.2) is 5.82 Å². The molecule has 0 aliphatic rings. The second-order valence-electron chi connectivity index (χ2n) is 5.09. The van der Waals surface area contributed by atoms with Gasteiger partial charge in [-0.15, -0.1) is 11.3 Å². The summed E-state index contributed by atoms with van der Waals surface area (Å²) in [5, 5.41) is 7.51. The zero-order chi connectivity index (χ0) is 17.1. The van der Waals surface area contributed by atoms with Gasteiger partial charge in [-0.3, -0.25) is 9.48 Å². The van der Waals surface area contributed by atoms with E-state index < -0.39 is 0 Å². The van der Waals surface area contributed by atoms with Crippen molar-refractivity contribution in [1.82, 2.24) is 14.8 Å². The van der Waals surface area contributed by atoms with Crippen LogP contribution in [0.3, 0.4) is 0 Å². The molecule has 8 heteroatoms. The van der Waals surface area contributed by atoms with Crippen molar-refractivity contribution in [3.8, 4) is 5.75 Å². The Morgan fingerprint density at radius 1 is 1.33 bits per heavy atom. The van der Waals surface area contributed by atoms with Crippen LogP contribution in [0.25, 0.3) is 0 Å². The molecule has 1 aromatic carbocycles. The van der Waals surface area contributed by atoms with E-state index in [0.29, 0.717) is 27.1 Å². The van der Waals surface area contributed by atoms with Gasteiger partial charge in [0.05, 0.1) is 5.69 Å². The summed E-state index contributed by atoms with van der Waals surface area (Å²) in [6, 6.07) is 7.46. The minimum Gasteiger partial charge on any atom is -0.486 e. The third kappa shape index (κ3) is 3.77. The number of aryl methyl sites for hydroxylation is 2. The van der Waals surface area contributed by atoms with Gasteiger partial charge in [0.2, 0.25) is 0 Å². The van der Waals surface area contributed by atoms with E-state index in [4.69, 9.17) is 4.74 Å². The maximum atomic E-state index is 12.9. The molecular weight excluding hydrogens is 331 g/mol. The minimum absolute atomic E-state index is 0.216. The van der Waals surface area contributed by atoms with Crippen LogP contribution >= 0.6 is 11.3 Å². The number of carbonyl (C=O) groups is 1. The van der Waals surface area contributed by atoms with E-state index in [1.165, 1.54) is 23.5 Å². The van der Waals surface area contributed by atoms with Crippen molar-refractivity contribution in [2.75, 3.05) is 5.32 Å². The van der Waals surface area contributed by atoms with Crippen LogP contribution in [-0.4, -0.2) is 20.7 Å². The first kappa shape index (κ1) is 16.1. The van der Waals surface area contributed by atoms with E-state index in [0.717, 1.165) is 0 Å². The zero-order valence-electron chi connectivity index (χ0n) is 13.1. The summed E-state index contributed by atoms with van der Waals surface area (Å²) in [5.41, 5.74) is 0.631.